The Morgan fingerprint density at radius 3 is 2.32 bits per heavy atom. The van der Waals surface area contributed by atoms with Gasteiger partial charge in [-0.2, -0.15) is 0 Å². The van der Waals surface area contributed by atoms with E-state index >= 15 is 0 Å². The predicted molar refractivity (Wildman–Crippen MR) is 108 cm³/mol. The van der Waals surface area contributed by atoms with E-state index in [1.54, 1.807) is 12.1 Å². The average molecular weight is 338 g/mol. The third-order valence-corrected chi connectivity index (χ3v) is 4.57. The normalized spacial score (nSPS) is 11.8. The van der Waals surface area contributed by atoms with E-state index in [0.29, 0.717) is 11.8 Å². The number of hydrogen-bond donors (Lipinski definition) is 1. The zero-order valence-electron chi connectivity index (χ0n) is 15.8. The number of para-hydroxylation sites is 1. The lowest BCUT2D eigenvalue weighted by atomic mass is 10.1. The predicted octanol–water partition coefficient (Wildman–Crippen LogP) is 6.74. The van der Waals surface area contributed by atoms with Crippen LogP contribution in [0.25, 0.3) is 10.9 Å². The third kappa shape index (κ3) is 5.67. The molecule has 0 bridgehead atoms. The van der Waals surface area contributed by atoms with E-state index in [-0.39, 0.29) is 0 Å². The van der Waals surface area contributed by atoms with Crippen molar-refractivity contribution in [2.45, 2.75) is 58.9 Å². The van der Waals surface area contributed by atoms with E-state index < -0.39 is 0 Å². The summed E-state index contributed by atoms with van der Waals surface area (Å²) in [5, 5.41) is 10.3. The number of aromatic nitrogens is 1. The van der Waals surface area contributed by atoms with Gasteiger partial charge in [-0.05, 0) is 61.4 Å². The van der Waals surface area contributed by atoms with Crippen LogP contribution in [0.1, 0.15) is 58.1 Å². The molecule has 0 saturated heterocycles. The number of aryl methyl sites for hydroxylation is 1. The summed E-state index contributed by atoms with van der Waals surface area (Å²) in [6.07, 6.45) is 8.26. The number of aromatic hydroxyl groups is 1. The van der Waals surface area contributed by atoms with E-state index in [0.717, 1.165) is 6.42 Å². The molecule has 1 N–H and O–H groups in total. The van der Waals surface area contributed by atoms with Gasteiger partial charge < -0.3 is 9.67 Å². The van der Waals surface area contributed by atoms with Gasteiger partial charge in [-0.25, -0.2) is 0 Å². The van der Waals surface area contributed by atoms with Gasteiger partial charge in [0.15, 0.2) is 0 Å². The molecule has 1 aromatic heterocycles. The first-order chi connectivity index (χ1) is 12.2. The molecule has 2 heteroatoms. The zero-order chi connectivity index (χ0) is 18.1. The first-order valence-electron chi connectivity index (χ1n) is 9.49. The molecule has 0 aliphatic heterocycles. The van der Waals surface area contributed by atoms with E-state index in [2.05, 4.69) is 61.9 Å². The van der Waals surface area contributed by atoms with Gasteiger partial charge in [0.25, 0.3) is 0 Å². The summed E-state index contributed by atoms with van der Waals surface area (Å²) in [5.41, 5.74) is 2.66. The largest absolute Gasteiger partial charge is 0.508 e. The Kier molecular flexibility index (Phi) is 7.59. The number of phenols is 1. The standard InChI is InChI=1S/C13H17N.C10H14O/c1-3-6-11(2)14-10-9-12-7-4-5-8-13(12)14;1-2-3-4-9-5-7-10(11)8-6-9/h4-5,7-11H,3,6H2,1-2H3;5-8,11H,2-4H2,1H3. The highest BCUT2D eigenvalue weighted by molar-refractivity contribution is 5.80. The van der Waals surface area contributed by atoms with E-state index in [1.165, 1.54) is 42.1 Å². The van der Waals surface area contributed by atoms with Crippen LogP contribution in [-0.2, 0) is 6.42 Å². The van der Waals surface area contributed by atoms with Crippen molar-refractivity contribution in [3.05, 3.63) is 66.4 Å². The fourth-order valence-electron chi connectivity index (χ4n) is 3.09. The molecule has 134 valence electrons. The van der Waals surface area contributed by atoms with Gasteiger partial charge in [0.05, 0.1) is 0 Å². The molecule has 0 spiro atoms. The molecule has 0 saturated carbocycles. The molecule has 0 radical (unpaired) electrons. The van der Waals surface area contributed by atoms with Crippen molar-refractivity contribution in [3.8, 4) is 5.75 Å². The molecule has 1 unspecified atom stereocenters. The van der Waals surface area contributed by atoms with E-state index in [9.17, 15) is 0 Å². The monoisotopic (exact) mass is 337 g/mol. The highest BCUT2D eigenvalue weighted by Crippen LogP contribution is 2.22. The Labute approximate surface area is 152 Å². The van der Waals surface area contributed by atoms with Crippen molar-refractivity contribution in [2.24, 2.45) is 0 Å². The second kappa shape index (κ2) is 9.93. The topological polar surface area (TPSA) is 25.2 Å². The number of benzene rings is 2. The van der Waals surface area contributed by atoms with Gasteiger partial charge in [0.2, 0.25) is 0 Å². The number of nitrogens with zero attached hydrogens (tertiary/aromatic N) is 1. The Morgan fingerprint density at radius 2 is 1.64 bits per heavy atom. The first-order valence-corrected chi connectivity index (χ1v) is 9.49. The number of hydrogen-bond acceptors (Lipinski definition) is 1. The Bertz CT molecular complexity index is 742. The van der Waals surface area contributed by atoms with Crippen molar-refractivity contribution in [3.63, 3.8) is 0 Å². The van der Waals surface area contributed by atoms with Crippen LogP contribution < -0.4 is 0 Å². The molecule has 3 aromatic rings. The number of unbranched alkanes of at least 4 members (excludes halogenated alkanes) is 1. The number of phenolic OH excluding ortho intramolecular Hbond substituents is 1. The van der Waals surface area contributed by atoms with Crippen molar-refractivity contribution in [1.82, 2.24) is 4.57 Å². The minimum atomic E-state index is 0.352. The summed E-state index contributed by atoms with van der Waals surface area (Å²) in [6.45, 7) is 6.71. The second-order valence-electron chi connectivity index (χ2n) is 6.69. The van der Waals surface area contributed by atoms with Gasteiger partial charge in [-0.15, -0.1) is 0 Å². The van der Waals surface area contributed by atoms with Crippen LogP contribution in [-0.4, -0.2) is 9.67 Å². The molecule has 1 heterocycles. The maximum atomic E-state index is 8.98. The maximum Gasteiger partial charge on any atom is 0.115 e. The van der Waals surface area contributed by atoms with Gasteiger partial charge in [-0.1, -0.05) is 57.0 Å². The smallest absolute Gasteiger partial charge is 0.115 e. The van der Waals surface area contributed by atoms with Crippen LogP contribution >= 0.6 is 0 Å². The van der Waals surface area contributed by atoms with E-state index in [1.807, 2.05) is 12.1 Å². The molecule has 3 rings (SSSR count). The third-order valence-electron chi connectivity index (χ3n) is 4.57. The van der Waals surface area contributed by atoms with Crippen LogP contribution in [0.15, 0.2) is 60.8 Å². The van der Waals surface area contributed by atoms with Crippen LogP contribution in [0.3, 0.4) is 0 Å². The number of fused-ring (bicyclic) bond motifs is 1. The maximum absolute atomic E-state index is 8.98. The van der Waals surface area contributed by atoms with Crippen LogP contribution in [0.5, 0.6) is 5.75 Å². The highest BCUT2D eigenvalue weighted by Gasteiger charge is 2.05. The Hall–Kier alpha value is -2.22. The quantitative estimate of drug-likeness (QED) is 0.529. The first kappa shape index (κ1) is 19.1. The van der Waals surface area contributed by atoms with Crippen molar-refractivity contribution in [2.75, 3.05) is 0 Å². The Balaban J connectivity index is 0.000000186. The van der Waals surface area contributed by atoms with Gasteiger partial charge in [0, 0.05) is 17.8 Å². The Morgan fingerprint density at radius 1 is 0.920 bits per heavy atom. The molecule has 0 amide bonds. The molecule has 2 nitrogen and oxygen atoms in total. The molecule has 0 fully saturated rings. The summed E-state index contributed by atoms with van der Waals surface area (Å²) in [5.74, 6) is 0.352. The lowest BCUT2D eigenvalue weighted by Gasteiger charge is -2.13. The lowest BCUT2D eigenvalue weighted by molar-refractivity contribution is 0.475. The molecule has 1 atom stereocenters. The summed E-state index contributed by atoms with van der Waals surface area (Å²) in [6, 6.07) is 18.8. The molecule has 0 aliphatic rings. The molecule has 25 heavy (non-hydrogen) atoms. The van der Waals surface area contributed by atoms with Crippen LogP contribution in [0.2, 0.25) is 0 Å². The van der Waals surface area contributed by atoms with Gasteiger partial charge in [-0.3, -0.25) is 0 Å². The van der Waals surface area contributed by atoms with E-state index in [4.69, 9.17) is 5.11 Å². The average Bonchev–Trinajstić information content (AvgIpc) is 3.06. The van der Waals surface area contributed by atoms with Gasteiger partial charge in [0.1, 0.15) is 5.75 Å². The minimum absolute atomic E-state index is 0.352. The van der Waals surface area contributed by atoms with Crippen molar-refractivity contribution < 1.29 is 5.11 Å². The van der Waals surface area contributed by atoms with Gasteiger partial charge >= 0.3 is 0 Å². The molecular weight excluding hydrogens is 306 g/mol. The van der Waals surface area contributed by atoms with Crippen LogP contribution in [0, 0.1) is 0 Å². The summed E-state index contributed by atoms with van der Waals surface area (Å²) >= 11 is 0. The fraction of sp³-hybridized carbons (Fsp3) is 0.391. The lowest BCUT2D eigenvalue weighted by Crippen LogP contribution is -2.02. The summed E-state index contributed by atoms with van der Waals surface area (Å²) in [4.78, 5) is 0. The zero-order valence-corrected chi connectivity index (χ0v) is 15.8. The molecule has 0 aliphatic carbocycles. The van der Waals surface area contributed by atoms with Crippen molar-refractivity contribution in [1.29, 1.82) is 0 Å². The second-order valence-corrected chi connectivity index (χ2v) is 6.69. The molecular formula is C23H31NO. The summed E-state index contributed by atoms with van der Waals surface area (Å²) in [7, 11) is 0. The number of rotatable bonds is 6. The SMILES string of the molecule is CCCC(C)n1ccc2ccccc21.CCCCc1ccc(O)cc1. The minimum Gasteiger partial charge on any atom is -0.508 e. The van der Waals surface area contributed by atoms with Crippen molar-refractivity contribution >= 4 is 10.9 Å². The fourth-order valence-corrected chi connectivity index (χ4v) is 3.09. The van der Waals surface area contributed by atoms with Crippen LogP contribution in [0.4, 0.5) is 0 Å². The molecule has 2 aromatic carbocycles. The summed E-state index contributed by atoms with van der Waals surface area (Å²) < 4.78 is 2.37. The highest BCUT2D eigenvalue weighted by atomic mass is 16.3.